The maximum absolute atomic E-state index is 9.05. The van der Waals surface area contributed by atoms with Crippen molar-refractivity contribution in [2.45, 2.75) is 51.7 Å². The molecule has 0 unspecified atom stereocenters. The predicted molar refractivity (Wildman–Crippen MR) is 113 cm³/mol. The first-order chi connectivity index (χ1) is 14.7. The minimum absolute atomic E-state index is 0.0130. The van der Waals surface area contributed by atoms with Crippen LogP contribution in [0.2, 0.25) is 0 Å². The van der Waals surface area contributed by atoms with Crippen LogP contribution in [0.4, 0.5) is 0 Å². The van der Waals surface area contributed by atoms with Crippen LogP contribution >= 0.6 is 0 Å². The molecule has 7 nitrogen and oxygen atoms in total. The van der Waals surface area contributed by atoms with Crippen molar-refractivity contribution in [1.29, 1.82) is 0 Å². The summed E-state index contributed by atoms with van der Waals surface area (Å²) in [5.41, 5.74) is 5.79. The number of fused-ring (bicyclic) bond motifs is 6. The van der Waals surface area contributed by atoms with Gasteiger partial charge >= 0.3 is 0 Å². The Labute approximate surface area is 176 Å². The van der Waals surface area contributed by atoms with E-state index in [0.29, 0.717) is 24.4 Å². The molecule has 7 heteroatoms. The Bertz CT molecular complexity index is 1060. The summed E-state index contributed by atoms with van der Waals surface area (Å²) in [7, 11) is 0. The number of rotatable bonds is 7. The van der Waals surface area contributed by atoms with Crippen LogP contribution in [0.5, 0.6) is 11.5 Å². The van der Waals surface area contributed by atoms with Crippen molar-refractivity contribution in [1.82, 2.24) is 19.5 Å². The molecule has 2 aliphatic rings. The zero-order valence-electron chi connectivity index (χ0n) is 17.5. The van der Waals surface area contributed by atoms with Gasteiger partial charge < -0.3 is 14.6 Å². The zero-order chi connectivity index (χ0) is 20.7. The van der Waals surface area contributed by atoms with E-state index in [2.05, 4.69) is 33.3 Å². The Hall–Kier alpha value is -2.64. The molecule has 0 amide bonds. The van der Waals surface area contributed by atoms with Crippen LogP contribution in [0.25, 0.3) is 5.65 Å². The summed E-state index contributed by atoms with van der Waals surface area (Å²) in [6.07, 6.45) is 5.41. The predicted octanol–water partition coefficient (Wildman–Crippen LogP) is 3.07. The summed E-state index contributed by atoms with van der Waals surface area (Å²) in [4.78, 5) is 7.27. The van der Waals surface area contributed by atoms with Crippen molar-refractivity contribution < 1.29 is 14.6 Å². The molecule has 1 N–H and O–H groups in total. The number of aliphatic hydroxyl groups is 1. The Morgan fingerprint density at radius 3 is 2.90 bits per heavy atom. The van der Waals surface area contributed by atoms with Crippen molar-refractivity contribution in [3.05, 3.63) is 53.0 Å². The Morgan fingerprint density at radius 1 is 1.17 bits per heavy atom. The minimum atomic E-state index is -0.0130. The van der Waals surface area contributed by atoms with Gasteiger partial charge in [0.2, 0.25) is 0 Å². The Morgan fingerprint density at radius 2 is 2.07 bits per heavy atom. The molecule has 2 aromatic heterocycles. The van der Waals surface area contributed by atoms with Gasteiger partial charge in [-0.3, -0.25) is 4.90 Å². The van der Waals surface area contributed by atoms with Crippen molar-refractivity contribution in [3.8, 4) is 11.5 Å². The minimum Gasteiger partial charge on any atom is -0.490 e. The third-order valence-electron chi connectivity index (χ3n) is 6.19. The lowest BCUT2D eigenvalue weighted by molar-refractivity contribution is 0.164. The summed E-state index contributed by atoms with van der Waals surface area (Å²) < 4.78 is 13.5. The SMILES string of the molecule is CCOc1cc(CN2[C@H]3CC[C@@H]2c2cnc4cc(C)nn4c2C3)ccc1OCCO. The molecule has 0 spiro atoms. The number of hydrogen-bond acceptors (Lipinski definition) is 6. The lowest BCUT2D eigenvalue weighted by atomic mass is 9.98. The molecule has 158 valence electrons. The summed E-state index contributed by atoms with van der Waals surface area (Å²) in [5, 5.41) is 13.7. The fraction of sp³-hybridized carbons (Fsp3) is 0.478. The van der Waals surface area contributed by atoms with E-state index in [0.717, 1.165) is 36.5 Å². The molecule has 0 aliphatic carbocycles. The quantitative estimate of drug-likeness (QED) is 0.648. The third-order valence-corrected chi connectivity index (χ3v) is 6.19. The van der Waals surface area contributed by atoms with Gasteiger partial charge in [0.1, 0.15) is 6.61 Å². The summed E-state index contributed by atoms with van der Waals surface area (Å²) in [5.74, 6) is 1.42. The van der Waals surface area contributed by atoms with Gasteiger partial charge in [-0.25, -0.2) is 9.50 Å². The van der Waals surface area contributed by atoms with Crippen LogP contribution < -0.4 is 9.47 Å². The van der Waals surface area contributed by atoms with Crippen LogP contribution in [0.15, 0.2) is 30.5 Å². The van der Waals surface area contributed by atoms with E-state index in [9.17, 15) is 0 Å². The topological polar surface area (TPSA) is 72.1 Å². The fourth-order valence-corrected chi connectivity index (χ4v) is 4.95. The number of aliphatic hydroxyl groups excluding tert-OH is 1. The van der Waals surface area contributed by atoms with Gasteiger partial charge in [-0.2, -0.15) is 5.10 Å². The molecule has 2 atom stereocenters. The molecule has 30 heavy (non-hydrogen) atoms. The van der Waals surface area contributed by atoms with Crippen molar-refractivity contribution in [3.63, 3.8) is 0 Å². The highest BCUT2D eigenvalue weighted by molar-refractivity contribution is 5.45. The third kappa shape index (κ3) is 3.32. The van der Waals surface area contributed by atoms with Gasteiger partial charge in [0.25, 0.3) is 0 Å². The average molecular weight is 409 g/mol. The highest BCUT2D eigenvalue weighted by Crippen LogP contribution is 2.44. The van der Waals surface area contributed by atoms with Crippen LogP contribution in [0.1, 0.15) is 48.3 Å². The van der Waals surface area contributed by atoms with Gasteiger partial charge in [-0.15, -0.1) is 0 Å². The largest absolute Gasteiger partial charge is 0.490 e. The van der Waals surface area contributed by atoms with Gasteiger partial charge in [0, 0.05) is 42.9 Å². The van der Waals surface area contributed by atoms with Crippen molar-refractivity contribution >= 4 is 5.65 Å². The fourth-order valence-electron chi connectivity index (χ4n) is 4.95. The normalized spacial score (nSPS) is 20.5. The molecule has 2 bridgehead atoms. The standard InChI is InChI=1S/C23H28N4O3/c1-3-29-22-11-16(4-7-21(22)30-9-8-28)14-26-17-5-6-19(26)18-13-24-23-10-15(2)25-27(23)20(18)12-17/h4,7,10-11,13,17,19,28H,3,5-6,8-9,12,14H2,1-2H3/t17-,19+/m0/s1. The maximum Gasteiger partial charge on any atom is 0.161 e. The van der Waals surface area contributed by atoms with E-state index in [4.69, 9.17) is 14.6 Å². The van der Waals surface area contributed by atoms with E-state index < -0.39 is 0 Å². The van der Waals surface area contributed by atoms with E-state index in [1.54, 1.807) is 0 Å². The smallest absolute Gasteiger partial charge is 0.161 e. The second kappa shape index (κ2) is 7.89. The molecule has 2 aliphatic heterocycles. The highest BCUT2D eigenvalue weighted by atomic mass is 16.5. The average Bonchev–Trinajstić information content (AvgIpc) is 3.25. The lowest BCUT2D eigenvalue weighted by Crippen LogP contribution is -2.38. The molecule has 1 saturated heterocycles. The van der Waals surface area contributed by atoms with Gasteiger partial charge in [-0.05, 0) is 44.4 Å². The van der Waals surface area contributed by atoms with Crippen LogP contribution in [0, 0.1) is 6.92 Å². The monoisotopic (exact) mass is 408 g/mol. The second-order valence-corrected chi connectivity index (χ2v) is 8.13. The van der Waals surface area contributed by atoms with Gasteiger partial charge in [0.05, 0.1) is 24.6 Å². The molecular weight excluding hydrogens is 380 g/mol. The Balaban J connectivity index is 1.42. The van der Waals surface area contributed by atoms with Crippen LogP contribution in [-0.4, -0.2) is 50.5 Å². The Kier molecular flexibility index (Phi) is 5.08. The number of ether oxygens (including phenoxy) is 2. The van der Waals surface area contributed by atoms with Crippen molar-refractivity contribution in [2.75, 3.05) is 19.8 Å². The lowest BCUT2D eigenvalue weighted by Gasteiger charge is -2.36. The highest BCUT2D eigenvalue weighted by Gasteiger charge is 2.41. The number of benzene rings is 1. The van der Waals surface area contributed by atoms with Crippen LogP contribution in [-0.2, 0) is 13.0 Å². The molecule has 3 aromatic rings. The van der Waals surface area contributed by atoms with Crippen molar-refractivity contribution in [2.24, 2.45) is 0 Å². The van der Waals surface area contributed by atoms with Gasteiger partial charge in [0.15, 0.2) is 17.1 Å². The van der Waals surface area contributed by atoms with E-state index in [-0.39, 0.29) is 13.2 Å². The van der Waals surface area contributed by atoms with E-state index >= 15 is 0 Å². The summed E-state index contributed by atoms with van der Waals surface area (Å²) in [6.45, 7) is 5.68. The zero-order valence-corrected chi connectivity index (χ0v) is 17.5. The number of hydrogen-bond donors (Lipinski definition) is 1. The van der Waals surface area contributed by atoms with E-state index in [1.807, 2.05) is 30.5 Å². The number of aromatic nitrogens is 3. The molecule has 4 heterocycles. The first-order valence-electron chi connectivity index (χ1n) is 10.8. The molecule has 0 radical (unpaired) electrons. The second-order valence-electron chi connectivity index (χ2n) is 8.13. The number of aryl methyl sites for hydroxylation is 1. The summed E-state index contributed by atoms with van der Waals surface area (Å²) >= 11 is 0. The molecule has 5 rings (SSSR count). The van der Waals surface area contributed by atoms with Gasteiger partial charge in [-0.1, -0.05) is 6.07 Å². The molecule has 1 aromatic carbocycles. The number of nitrogens with zero attached hydrogens (tertiary/aromatic N) is 4. The summed E-state index contributed by atoms with van der Waals surface area (Å²) in [6, 6.07) is 9.06. The van der Waals surface area contributed by atoms with Crippen LogP contribution in [0.3, 0.4) is 0 Å². The molecule has 0 saturated carbocycles. The van der Waals surface area contributed by atoms with E-state index in [1.165, 1.54) is 23.2 Å². The first-order valence-corrected chi connectivity index (χ1v) is 10.8. The first kappa shape index (κ1) is 19.3. The molecular formula is C23H28N4O3. The maximum atomic E-state index is 9.05. The molecule has 1 fully saturated rings.